The predicted molar refractivity (Wildman–Crippen MR) is 87.6 cm³/mol. The molecule has 1 aromatic heterocycles. The van der Waals surface area contributed by atoms with Gasteiger partial charge in [0.1, 0.15) is 12.0 Å². The van der Waals surface area contributed by atoms with Gasteiger partial charge < -0.3 is 14.5 Å². The van der Waals surface area contributed by atoms with E-state index in [1.807, 2.05) is 12.1 Å². The molecule has 2 heterocycles. The van der Waals surface area contributed by atoms with Crippen LogP contribution in [0.2, 0.25) is 0 Å². The smallest absolute Gasteiger partial charge is 0.254 e. The van der Waals surface area contributed by atoms with Gasteiger partial charge in [-0.1, -0.05) is 12.1 Å². The van der Waals surface area contributed by atoms with Gasteiger partial charge in [0, 0.05) is 6.54 Å². The Labute approximate surface area is 136 Å². The van der Waals surface area contributed by atoms with Gasteiger partial charge in [-0.15, -0.1) is 0 Å². The van der Waals surface area contributed by atoms with Crippen LogP contribution >= 0.6 is 0 Å². The van der Waals surface area contributed by atoms with E-state index in [9.17, 15) is 4.79 Å². The Hall–Kier alpha value is -2.27. The zero-order valence-corrected chi connectivity index (χ0v) is 13.3. The Morgan fingerprint density at radius 2 is 2.00 bits per heavy atom. The van der Waals surface area contributed by atoms with Crippen molar-refractivity contribution in [2.75, 3.05) is 26.7 Å². The topological polar surface area (TPSA) is 54.7 Å². The van der Waals surface area contributed by atoms with Crippen LogP contribution < -0.4 is 10.1 Å². The molecule has 23 heavy (non-hydrogen) atoms. The number of hydrogen-bond acceptors (Lipinski definition) is 4. The maximum Gasteiger partial charge on any atom is 0.254 e. The molecule has 1 fully saturated rings. The van der Waals surface area contributed by atoms with Gasteiger partial charge in [0.2, 0.25) is 0 Å². The quantitative estimate of drug-likeness (QED) is 0.891. The lowest BCUT2D eigenvalue weighted by atomic mass is 10.0. The first-order valence-corrected chi connectivity index (χ1v) is 7.96. The van der Waals surface area contributed by atoms with E-state index < -0.39 is 0 Å². The number of benzene rings is 1. The summed E-state index contributed by atoms with van der Waals surface area (Å²) in [5.74, 6) is 0.743. The third kappa shape index (κ3) is 3.74. The first kappa shape index (κ1) is 15.6. The van der Waals surface area contributed by atoms with Crippen LogP contribution in [-0.4, -0.2) is 37.6 Å². The molecule has 1 unspecified atom stereocenters. The molecule has 5 heteroatoms. The lowest BCUT2D eigenvalue weighted by molar-refractivity contribution is 0.0937. The fraction of sp³-hybridized carbons (Fsp3) is 0.389. The second-order valence-electron chi connectivity index (χ2n) is 5.75. The number of nitrogens with zero attached hydrogens (tertiary/aromatic N) is 1. The second-order valence-corrected chi connectivity index (χ2v) is 5.75. The van der Waals surface area contributed by atoms with E-state index in [0.717, 1.165) is 18.8 Å². The van der Waals surface area contributed by atoms with Gasteiger partial charge in [0.25, 0.3) is 5.91 Å². The Morgan fingerprint density at radius 3 is 2.61 bits per heavy atom. The molecule has 2 aromatic rings. The highest BCUT2D eigenvalue weighted by Gasteiger charge is 2.24. The highest BCUT2D eigenvalue weighted by atomic mass is 16.5. The summed E-state index contributed by atoms with van der Waals surface area (Å²) in [6.07, 6.45) is 5.40. The summed E-state index contributed by atoms with van der Waals surface area (Å²) >= 11 is 0. The molecule has 0 spiro atoms. The zero-order chi connectivity index (χ0) is 16.1. The van der Waals surface area contributed by atoms with Gasteiger partial charge in [-0.25, -0.2) is 0 Å². The highest BCUT2D eigenvalue weighted by Crippen LogP contribution is 2.26. The van der Waals surface area contributed by atoms with Crippen molar-refractivity contribution in [3.8, 4) is 5.75 Å². The monoisotopic (exact) mass is 314 g/mol. The van der Waals surface area contributed by atoms with Crippen molar-refractivity contribution >= 4 is 5.91 Å². The maximum absolute atomic E-state index is 12.1. The predicted octanol–water partition coefficient (Wildman–Crippen LogP) is 2.86. The molecule has 0 bridgehead atoms. The van der Waals surface area contributed by atoms with Crippen LogP contribution in [0.5, 0.6) is 5.75 Å². The summed E-state index contributed by atoms with van der Waals surface area (Å²) in [5.41, 5.74) is 1.75. The number of methoxy groups -OCH3 is 1. The zero-order valence-electron chi connectivity index (χ0n) is 13.3. The number of nitrogens with one attached hydrogen (secondary N) is 1. The van der Waals surface area contributed by atoms with Crippen molar-refractivity contribution in [1.82, 2.24) is 10.2 Å². The number of carbonyl (C=O) groups is 1. The van der Waals surface area contributed by atoms with Crippen LogP contribution in [0.15, 0.2) is 47.3 Å². The van der Waals surface area contributed by atoms with Gasteiger partial charge in [0.15, 0.2) is 0 Å². The van der Waals surface area contributed by atoms with Crippen LogP contribution in [-0.2, 0) is 0 Å². The minimum Gasteiger partial charge on any atom is -0.497 e. The third-order valence-electron chi connectivity index (χ3n) is 4.32. The van der Waals surface area contributed by atoms with E-state index in [-0.39, 0.29) is 11.9 Å². The minimum absolute atomic E-state index is 0.101. The number of amides is 1. The molecule has 122 valence electrons. The number of furan rings is 1. The Kier molecular flexibility index (Phi) is 4.98. The maximum atomic E-state index is 12.1. The van der Waals surface area contributed by atoms with E-state index in [4.69, 9.17) is 9.15 Å². The van der Waals surface area contributed by atoms with Crippen LogP contribution in [0.3, 0.4) is 0 Å². The molecule has 1 aromatic carbocycles. The van der Waals surface area contributed by atoms with Crippen LogP contribution in [0, 0.1) is 0 Å². The standard InChI is InChI=1S/C18H22N2O3/c1-22-16-6-4-14(5-7-16)17(20-9-2-3-10-20)12-19-18(21)15-8-11-23-13-15/h4-8,11,13,17H,2-3,9-10,12H2,1H3,(H,19,21). The van der Waals surface area contributed by atoms with Crippen LogP contribution in [0.25, 0.3) is 0 Å². The van der Waals surface area contributed by atoms with Gasteiger partial charge >= 0.3 is 0 Å². The highest BCUT2D eigenvalue weighted by molar-refractivity contribution is 5.93. The van der Waals surface area contributed by atoms with Gasteiger partial charge in [0.05, 0.1) is 25.0 Å². The lowest BCUT2D eigenvalue weighted by Crippen LogP contribution is -2.36. The largest absolute Gasteiger partial charge is 0.497 e. The van der Waals surface area contributed by atoms with E-state index in [1.54, 1.807) is 13.2 Å². The minimum atomic E-state index is -0.101. The van der Waals surface area contributed by atoms with Gasteiger partial charge in [-0.2, -0.15) is 0 Å². The number of rotatable bonds is 6. The average molecular weight is 314 g/mol. The van der Waals surface area contributed by atoms with Crippen molar-refractivity contribution < 1.29 is 13.9 Å². The van der Waals surface area contributed by atoms with Crippen LogP contribution in [0.4, 0.5) is 0 Å². The van der Waals surface area contributed by atoms with Crippen molar-refractivity contribution in [1.29, 1.82) is 0 Å². The van der Waals surface area contributed by atoms with E-state index >= 15 is 0 Å². The number of likely N-dealkylation sites (tertiary alicyclic amines) is 1. The number of ether oxygens (including phenoxy) is 1. The molecule has 1 aliphatic heterocycles. The molecular weight excluding hydrogens is 292 g/mol. The van der Waals surface area contributed by atoms with Crippen LogP contribution in [0.1, 0.15) is 34.8 Å². The summed E-state index contributed by atoms with van der Waals surface area (Å²) in [4.78, 5) is 14.6. The average Bonchev–Trinajstić information content (AvgIpc) is 3.29. The number of carbonyl (C=O) groups excluding carboxylic acids is 1. The van der Waals surface area contributed by atoms with Crippen molar-refractivity contribution in [2.24, 2.45) is 0 Å². The molecule has 0 aliphatic carbocycles. The normalized spacial score (nSPS) is 16.2. The molecule has 3 rings (SSSR count). The molecule has 0 radical (unpaired) electrons. The summed E-state index contributed by atoms with van der Waals surface area (Å²) in [7, 11) is 1.66. The number of hydrogen-bond donors (Lipinski definition) is 1. The molecule has 1 saturated heterocycles. The molecular formula is C18H22N2O3. The fourth-order valence-corrected chi connectivity index (χ4v) is 3.02. The summed E-state index contributed by atoms with van der Waals surface area (Å²) < 4.78 is 10.2. The van der Waals surface area contributed by atoms with E-state index in [0.29, 0.717) is 12.1 Å². The van der Waals surface area contributed by atoms with Crippen molar-refractivity contribution in [3.05, 3.63) is 54.0 Å². The van der Waals surface area contributed by atoms with Crippen molar-refractivity contribution in [3.63, 3.8) is 0 Å². The fourth-order valence-electron chi connectivity index (χ4n) is 3.02. The SMILES string of the molecule is COc1ccc(C(CNC(=O)c2ccoc2)N2CCCC2)cc1. The molecule has 1 amide bonds. The molecule has 1 N–H and O–H groups in total. The van der Waals surface area contributed by atoms with Crippen molar-refractivity contribution in [2.45, 2.75) is 18.9 Å². The first-order valence-electron chi connectivity index (χ1n) is 7.96. The Bertz CT molecular complexity index is 616. The second kappa shape index (κ2) is 7.33. The van der Waals surface area contributed by atoms with Gasteiger partial charge in [-0.05, 0) is 49.7 Å². The Balaban J connectivity index is 1.71. The van der Waals surface area contributed by atoms with E-state index in [1.165, 1.54) is 30.9 Å². The summed E-state index contributed by atoms with van der Waals surface area (Å²) in [5, 5.41) is 3.02. The summed E-state index contributed by atoms with van der Waals surface area (Å²) in [6.45, 7) is 2.72. The molecule has 0 saturated carbocycles. The molecule has 1 atom stereocenters. The first-order chi connectivity index (χ1) is 11.3. The van der Waals surface area contributed by atoms with Gasteiger partial charge in [-0.3, -0.25) is 9.69 Å². The lowest BCUT2D eigenvalue weighted by Gasteiger charge is -2.28. The summed E-state index contributed by atoms with van der Waals surface area (Å²) in [6, 6.07) is 9.94. The van der Waals surface area contributed by atoms with E-state index in [2.05, 4.69) is 22.3 Å². The third-order valence-corrected chi connectivity index (χ3v) is 4.32. The molecule has 1 aliphatic rings. The Morgan fingerprint density at radius 1 is 1.26 bits per heavy atom. The molecule has 5 nitrogen and oxygen atoms in total.